The van der Waals surface area contributed by atoms with E-state index < -0.39 is 16.1 Å². The van der Waals surface area contributed by atoms with E-state index in [1.165, 1.54) is 17.4 Å². The highest BCUT2D eigenvalue weighted by Gasteiger charge is 2.23. The van der Waals surface area contributed by atoms with Crippen LogP contribution in [-0.2, 0) is 10.0 Å². The van der Waals surface area contributed by atoms with Crippen molar-refractivity contribution in [3.63, 3.8) is 0 Å². The Morgan fingerprint density at radius 3 is 2.81 bits per heavy atom. The SMILES string of the molecule is Cc1cnc([C@H](C)NS(=O)(=O)c2cccc3nsnc23)s1. The molecule has 0 aliphatic carbocycles. The van der Waals surface area contributed by atoms with E-state index in [0.29, 0.717) is 11.0 Å². The van der Waals surface area contributed by atoms with Crippen molar-refractivity contribution >= 4 is 44.1 Å². The zero-order valence-electron chi connectivity index (χ0n) is 11.3. The van der Waals surface area contributed by atoms with Gasteiger partial charge < -0.3 is 0 Å². The third-order valence-electron chi connectivity index (χ3n) is 2.88. The van der Waals surface area contributed by atoms with E-state index in [1.807, 2.05) is 6.92 Å². The normalized spacial score (nSPS) is 13.6. The van der Waals surface area contributed by atoms with Crippen molar-refractivity contribution in [1.82, 2.24) is 18.5 Å². The standard InChI is InChI=1S/C12H12N4O2S3/c1-7-6-13-12(19-7)8(2)16-21(17,18)10-5-3-4-9-11(10)15-20-14-9/h3-6,8,16H,1-2H3/t8-/m0/s1. The molecule has 0 aliphatic heterocycles. The molecule has 3 aromatic rings. The summed E-state index contributed by atoms with van der Waals surface area (Å²) in [6.07, 6.45) is 1.73. The second-order valence-corrected chi connectivity index (χ2v) is 8.02. The molecule has 0 unspecified atom stereocenters. The quantitative estimate of drug-likeness (QED) is 0.789. The fourth-order valence-corrected chi connectivity index (χ4v) is 4.74. The molecule has 3 rings (SSSR count). The molecule has 1 atom stereocenters. The molecule has 110 valence electrons. The summed E-state index contributed by atoms with van der Waals surface area (Å²) in [7, 11) is -3.67. The molecule has 2 aromatic heterocycles. The smallest absolute Gasteiger partial charge is 0.243 e. The average molecular weight is 340 g/mol. The molecular weight excluding hydrogens is 328 g/mol. The number of aryl methyl sites for hydroxylation is 1. The molecule has 0 spiro atoms. The van der Waals surface area contributed by atoms with Crippen LogP contribution in [0.5, 0.6) is 0 Å². The van der Waals surface area contributed by atoms with E-state index in [9.17, 15) is 8.42 Å². The van der Waals surface area contributed by atoms with E-state index in [4.69, 9.17) is 0 Å². The Hall–Kier alpha value is -1.42. The topological polar surface area (TPSA) is 84.8 Å². The van der Waals surface area contributed by atoms with Gasteiger partial charge in [-0.1, -0.05) is 6.07 Å². The molecule has 2 heterocycles. The molecule has 0 amide bonds. The van der Waals surface area contributed by atoms with Gasteiger partial charge in [-0.2, -0.15) is 8.75 Å². The van der Waals surface area contributed by atoms with Crippen molar-refractivity contribution in [3.05, 3.63) is 34.3 Å². The van der Waals surface area contributed by atoms with Crippen LogP contribution in [0.25, 0.3) is 11.0 Å². The van der Waals surface area contributed by atoms with Crippen LogP contribution in [0.3, 0.4) is 0 Å². The summed E-state index contributed by atoms with van der Waals surface area (Å²) in [4.78, 5) is 5.40. The first-order valence-corrected chi connectivity index (χ1v) is 9.16. The molecule has 1 N–H and O–H groups in total. The second kappa shape index (κ2) is 5.41. The summed E-state index contributed by atoms with van der Waals surface area (Å²) in [5.74, 6) is 0. The number of hydrogen-bond donors (Lipinski definition) is 1. The third-order valence-corrected chi connectivity index (χ3v) is 6.09. The summed E-state index contributed by atoms with van der Waals surface area (Å²) >= 11 is 2.47. The van der Waals surface area contributed by atoms with Gasteiger partial charge >= 0.3 is 0 Å². The zero-order valence-corrected chi connectivity index (χ0v) is 13.7. The van der Waals surface area contributed by atoms with Crippen LogP contribution in [-0.4, -0.2) is 22.1 Å². The zero-order chi connectivity index (χ0) is 15.0. The maximum absolute atomic E-state index is 12.5. The van der Waals surface area contributed by atoms with Gasteiger partial charge in [-0.05, 0) is 26.0 Å². The number of fused-ring (bicyclic) bond motifs is 1. The first-order chi connectivity index (χ1) is 9.97. The average Bonchev–Trinajstić information content (AvgIpc) is 3.05. The Labute approximate surface area is 130 Å². The molecule has 6 nitrogen and oxygen atoms in total. The fraction of sp³-hybridized carbons (Fsp3) is 0.250. The monoisotopic (exact) mass is 340 g/mol. The third kappa shape index (κ3) is 2.82. The van der Waals surface area contributed by atoms with Crippen LogP contribution in [0.15, 0.2) is 29.3 Å². The molecule has 9 heteroatoms. The number of sulfonamides is 1. The highest BCUT2D eigenvalue weighted by Crippen LogP contribution is 2.24. The lowest BCUT2D eigenvalue weighted by Crippen LogP contribution is -2.27. The van der Waals surface area contributed by atoms with Crippen molar-refractivity contribution < 1.29 is 8.42 Å². The summed E-state index contributed by atoms with van der Waals surface area (Å²) < 4.78 is 35.8. The Kier molecular flexibility index (Phi) is 3.74. The second-order valence-electron chi connectivity index (χ2n) is 4.54. The summed E-state index contributed by atoms with van der Waals surface area (Å²) in [6.45, 7) is 3.71. The maximum Gasteiger partial charge on any atom is 0.243 e. The molecular formula is C12H12N4O2S3. The summed E-state index contributed by atoms with van der Waals surface area (Å²) in [5.41, 5.74) is 0.984. The van der Waals surface area contributed by atoms with Gasteiger partial charge in [-0.25, -0.2) is 18.1 Å². The highest BCUT2D eigenvalue weighted by molar-refractivity contribution is 7.89. The lowest BCUT2D eigenvalue weighted by atomic mass is 10.3. The maximum atomic E-state index is 12.5. The van der Waals surface area contributed by atoms with Gasteiger partial charge in [-0.15, -0.1) is 11.3 Å². The molecule has 0 radical (unpaired) electrons. The van der Waals surface area contributed by atoms with Gasteiger partial charge in [0, 0.05) is 11.1 Å². The molecule has 1 aromatic carbocycles. The Morgan fingerprint density at radius 1 is 1.29 bits per heavy atom. The largest absolute Gasteiger partial charge is 0.248 e. The molecule has 0 fully saturated rings. The predicted octanol–water partition coefficient (Wildman–Crippen LogP) is 2.50. The van der Waals surface area contributed by atoms with Gasteiger partial charge in [0.25, 0.3) is 0 Å². The minimum absolute atomic E-state index is 0.147. The number of rotatable bonds is 4. The van der Waals surface area contributed by atoms with Gasteiger partial charge in [-0.3, -0.25) is 0 Å². The fourth-order valence-electron chi connectivity index (χ4n) is 1.92. The van der Waals surface area contributed by atoms with Crippen molar-refractivity contribution in [2.45, 2.75) is 24.8 Å². The van der Waals surface area contributed by atoms with E-state index in [0.717, 1.165) is 21.6 Å². The Balaban J connectivity index is 1.95. The number of benzene rings is 1. The predicted molar refractivity (Wildman–Crippen MR) is 83.0 cm³/mol. The number of thiazole rings is 1. The lowest BCUT2D eigenvalue weighted by Gasteiger charge is -2.12. The van der Waals surface area contributed by atoms with Crippen LogP contribution in [0, 0.1) is 6.92 Å². The summed E-state index contributed by atoms with van der Waals surface area (Å²) in [6, 6.07) is 4.55. The van der Waals surface area contributed by atoms with Crippen LogP contribution in [0.4, 0.5) is 0 Å². The lowest BCUT2D eigenvalue weighted by molar-refractivity contribution is 0.567. The van der Waals surface area contributed by atoms with E-state index >= 15 is 0 Å². The minimum Gasteiger partial charge on any atom is -0.248 e. The van der Waals surface area contributed by atoms with E-state index in [-0.39, 0.29) is 4.90 Å². The Bertz CT molecular complexity index is 885. The molecule has 0 bridgehead atoms. The van der Waals surface area contributed by atoms with E-state index in [2.05, 4.69) is 18.5 Å². The number of nitrogens with zero attached hydrogens (tertiary/aromatic N) is 3. The van der Waals surface area contributed by atoms with Crippen molar-refractivity contribution in [2.75, 3.05) is 0 Å². The number of aromatic nitrogens is 3. The van der Waals surface area contributed by atoms with Crippen molar-refractivity contribution in [3.8, 4) is 0 Å². The molecule has 0 saturated carbocycles. The summed E-state index contributed by atoms with van der Waals surface area (Å²) in [5, 5.41) is 0.736. The van der Waals surface area contributed by atoms with Crippen LogP contribution < -0.4 is 4.72 Å². The molecule has 0 saturated heterocycles. The van der Waals surface area contributed by atoms with Crippen LogP contribution in [0.1, 0.15) is 22.9 Å². The van der Waals surface area contributed by atoms with E-state index in [1.54, 1.807) is 25.3 Å². The first-order valence-electron chi connectivity index (χ1n) is 6.13. The van der Waals surface area contributed by atoms with Gasteiger partial charge in [0.05, 0.1) is 17.8 Å². The van der Waals surface area contributed by atoms with Gasteiger partial charge in [0.15, 0.2) is 0 Å². The van der Waals surface area contributed by atoms with Gasteiger partial charge in [0.1, 0.15) is 20.9 Å². The van der Waals surface area contributed by atoms with Crippen molar-refractivity contribution in [1.29, 1.82) is 0 Å². The first kappa shape index (κ1) is 14.5. The van der Waals surface area contributed by atoms with Gasteiger partial charge in [0.2, 0.25) is 10.0 Å². The number of nitrogens with one attached hydrogen (secondary N) is 1. The van der Waals surface area contributed by atoms with Crippen LogP contribution >= 0.6 is 23.1 Å². The Morgan fingerprint density at radius 2 is 2.10 bits per heavy atom. The molecule has 0 aliphatic rings. The van der Waals surface area contributed by atoms with Crippen molar-refractivity contribution in [2.24, 2.45) is 0 Å². The highest BCUT2D eigenvalue weighted by atomic mass is 32.2. The van der Waals surface area contributed by atoms with Crippen LogP contribution in [0.2, 0.25) is 0 Å². The molecule has 21 heavy (non-hydrogen) atoms. The minimum atomic E-state index is -3.67. The number of hydrogen-bond acceptors (Lipinski definition) is 7.